The first-order valence-corrected chi connectivity index (χ1v) is 6.35. The van der Waals surface area contributed by atoms with Gasteiger partial charge >= 0.3 is 0 Å². The Morgan fingerprint density at radius 1 is 1.33 bits per heavy atom. The van der Waals surface area contributed by atoms with Crippen LogP contribution in [0.25, 0.3) is 0 Å². The largest absolute Gasteiger partial charge is 0.393 e. The van der Waals surface area contributed by atoms with Crippen LogP contribution in [0.2, 0.25) is 0 Å². The van der Waals surface area contributed by atoms with Crippen LogP contribution in [0.4, 0.5) is 0 Å². The molecule has 0 bridgehead atoms. The van der Waals surface area contributed by atoms with Crippen LogP contribution in [-0.4, -0.2) is 22.8 Å². The summed E-state index contributed by atoms with van der Waals surface area (Å²) < 4.78 is 7.47. The van der Waals surface area contributed by atoms with Gasteiger partial charge in [-0.3, -0.25) is 4.98 Å². The fraction of sp³-hybridized carbons (Fsp3) is 0.500. The van der Waals surface area contributed by atoms with Crippen molar-refractivity contribution in [3.8, 4) is 0 Å². The molecule has 15 heavy (non-hydrogen) atoms. The Morgan fingerprint density at radius 2 is 2.00 bits per heavy atom. The van der Waals surface area contributed by atoms with Gasteiger partial charge in [-0.1, -0.05) is 0 Å². The minimum absolute atomic E-state index is 0.0551. The Morgan fingerprint density at radius 3 is 2.60 bits per heavy atom. The van der Waals surface area contributed by atoms with Gasteiger partial charge in [-0.05, 0) is 38.3 Å². The van der Waals surface area contributed by atoms with E-state index in [2.05, 4.69) is 36.8 Å². The quantitative estimate of drug-likeness (QED) is 0.857. The molecule has 1 aliphatic rings. The summed E-state index contributed by atoms with van der Waals surface area (Å²) in [4.78, 5) is 4.05. The van der Waals surface area contributed by atoms with E-state index in [0.717, 1.165) is 20.9 Å². The predicted octanol–water partition coefficient (Wildman–Crippen LogP) is 2.82. The SMILES string of the molecule is OC1CCOC(c2c(Br)cncc2Br)C1. The molecular weight excluding hydrogens is 326 g/mol. The topological polar surface area (TPSA) is 42.4 Å². The van der Waals surface area contributed by atoms with Gasteiger partial charge < -0.3 is 9.84 Å². The number of rotatable bonds is 1. The number of aliphatic hydroxyl groups excluding tert-OH is 1. The summed E-state index contributed by atoms with van der Waals surface area (Å²) in [6, 6.07) is 0. The Hall–Kier alpha value is 0.0300. The second-order valence-corrected chi connectivity index (χ2v) is 5.26. The molecule has 2 heterocycles. The first-order valence-electron chi connectivity index (χ1n) is 4.77. The number of nitrogens with zero attached hydrogens (tertiary/aromatic N) is 1. The molecule has 5 heteroatoms. The first kappa shape index (κ1) is 11.5. The van der Waals surface area contributed by atoms with Crippen LogP contribution in [0.5, 0.6) is 0 Å². The van der Waals surface area contributed by atoms with Gasteiger partial charge in [0.1, 0.15) is 0 Å². The van der Waals surface area contributed by atoms with Gasteiger partial charge in [-0.25, -0.2) is 0 Å². The van der Waals surface area contributed by atoms with E-state index in [1.807, 2.05) is 0 Å². The zero-order chi connectivity index (χ0) is 10.8. The number of pyridine rings is 1. The second kappa shape index (κ2) is 4.91. The van der Waals surface area contributed by atoms with Gasteiger partial charge in [0.15, 0.2) is 0 Å². The van der Waals surface area contributed by atoms with Crippen LogP contribution in [0.15, 0.2) is 21.3 Å². The molecule has 1 aliphatic heterocycles. The lowest BCUT2D eigenvalue weighted by Crippen LogP contribution is -2.23. The highest BCUT2D eigenvalue weighted by Crippen LogP contribution is 2.36. The summed E-state index contributed by atoms with van der Waals surface area (Å²) in [6.07, 6.45) is 4.52. The van der Waals surface area contributed by atoms with Crippen molar-refractivity contribution in [2.75, 3.05) is 6.61 Å². The van der Waals surface area contributed by atoms with E-state index in [4.69, 9.17) is 4.74 Å². The molecule has 1 N–H and O–H groups in total. The Labute approximate surface area is 105 Å². The lowest BCUT2D eigenvalue weighted by atomic mass is 10.0. The number of ether oxygens (including phenoxy) is 1. The van der Waals surface area contributed by atoms with E-state index >= 15 is 0 Å². The minimum atomic E-state index is -0.268. The summed E-state index contributed by atoms with van der Waals surface area (Å²) in [5.74, 6) is 0. The summed E-state index contributed by atoms with van der Waals surface area (Å²) in [5.41, 5.74) is 1.03. The monoisotopic (exact) mass is 335 g/mol. The van der Waals surface area contributed by atoms with Crippen LogP contribution in [0, 0.1) is 0 Å². The maximum Gasteiger partial charge on any atom is 0.0872 e. The van der Waals surface area contributed by atoms with E-state index in [9.17, 15) is 5.11 Å². The summed E-state index contributed by atoms with van der Waals surface area (Å²) in [7, 11) is 0. The molecule has 82 valence electrons. The molecule has 2 rings (SSSR count). The zero-order valence-corrected chi connectivity index (χ0v) is 11.2. The molecule has 3 nitrogen and oxygen atoms in total. The van der Waals surface area contributed by atoms with E-state index in [1.54, 1.807) is 12.4 Å². The lowest BCUT2D eigenvalue weighted by molar-refractivity contribution is -0.0454. The predicted molar refractivity (Wildman–Crippen MR) is 63.6 cm³/mol. The van der Waals surface area contributed by atoms with E-state index < -0.39 is 0 Å². The van der Waals surface area contributed by atoms with Crippen molar-refractivity contribution in [2.45, 2.75) is 25.0 Å². The second-order valence-electron chi connectivity index (χ2n) is 3.55. The Balaban J connectivity index is 2.28. The molecule has 0 aliphatic carbocycles. The van der Waals surface area contributed by atoms with Crippen molar-refractivity contribution < 1.29 is 9.84 Å². The van der Waals surface area contributed by atoms with Crippen molar-refractivity contribution >= 4 is 31.9 Å². The summed E-state index contributed by atoms with van der Waals surface area (Å²) >= 11 is 6.90. The van der Waals surface area contributed by atoms with Crippen molar-refractivity contribution in [1.82, 2.24) is 4.98 Å². The molecule has 0 radical (unpaired) electrons. The number of hydrogen-bond donors (Lipinski definition) is 1. The van der Waals surface area contributed by atoms with Crippen molar-refractivity contribution in [3.05, 3.63) is 26.9 Å². The molecule has 0 amide bonds. The molecule has 1 aromatic rings. The fourth-order valence-electron chi connectivity index (χ4n) is 1.71. The maximum absolute atomic E-state index is 9.60. The van der Waals surface area contributed by atoms with Crippen LogP contribution < -0.4 is 0 Å². The molecule has 0 spiro atoms. The normalized spacial score (nSPS) is 26.6. The molecule has 2 unspecified atom stereocenters. The highest BCUT2D eigenvalue weighted by atomic mass is 79.9. The molecule has 1 fully saturated rings. The van der Waals surface area contributed by atoms with Crippen molar-refractivity contribution in [2.24, 2.45) is 0 Å². The van der Waals surface area contributed by atoms with Gasteiger partial charge in [0.2, 0.25) is 0 Å². The fourth-order valence-corrected chi connectivity index (χ4v) is 3.15. The molecule has 0 saturated carbocycles. The third kappa shape index (κ3) is 2.58. The van der Waals surface area contributed by atoms with Gasteiger partial charge in [-0.15, -0.1) is 0 Å². The molecule has 1 aromatic heterocycles. The first-order chi connectivity index (χ1) is 7.18. The third-order valence-corrected chi connectivity index (χ3v) is 3.73. The minimum Gasteiger partial charge on any atom is -0.393 e. The van der Waals surface area contributed by atoms with Crippen LogP contribution >= 0.6 is 31.9 Å². The standard InChI is InChI=1S/C10H11Br2NO2/c11-7-4-13-5-8(12)10(7)9-3-6(14)1-2-15-9/h4-6,9,14H,1-3H2. The molecular formula is C10H11Br2NO2. The van der Waals surface area contributed by atoms with Gasteiger partial charge in [0, 0.05) is 39.9 Å². The summed E-state index contributed by atoms with van der Waals surface area (Å²) in [5, 5.41) is 9.60. The van der Waals surface area contributed by atoms with E-state index in [0.29, 0.717) is 13.0 Å². The van der Waals surface area contributed by atoms with Gasteiger partial charge in [0.05, 0.1) is 12.2 Å². The third-order valence-electron chi connectivity index (χ3n) is 2.47. The van der Waals surface area contributed by atoms with E-state index in [-0.39, 0.29) is 12.2 Å². The molecule has 0 aromatic carbocycles. The number of halogens is 2. The molecule has 2 atom stereocenters. The van der Waals surface area contributed by atoms with Crippen molar-refractivity contribution in [1.29, 1.82) is 0 Å². The maximum atomic E-state index is 9.60. The average molecular weight is 337 g/mol. The number of hydrogen-bond acceptors (Lipinski definition) is 3. The Bertz CT molecular complexity index is 339. The van der Waals surface area contributed by atoms with Crippen LogP contribution in [0.1, 0.15) is 24.5 Å². The van der Waals surface area contributed by atoms with Crippen LogP contribution in [-0.2, 0) is 4.74 Å². The number of aromatic nitrogens is 1. The highest BCUT2D eigenvalue weighted by Gasteiger charge is 2.25. The van der Waals surface area contributed by atoms with Gasteiger partial charge in [-0.2, -0.15) is 0 Å². The highest BCUT2D eigenvalue weighted by molar-refractivity contribution is 9.11. The zero-order valence-electron chi connectivity index (χ0n) is 7.99. The average Bonchev–Trinajstić information content (AvgIpc) is 2.17. The lowest BCUT2D eigenvalue weighted by Gasteiger charge is -2.27. The van der Waals surface area contributed by atoms with Gasteiger partial charge in [0.25, 0.3) is 0 Å². The van der Waals surface area contributed by atoms with Crippen molar-refractivity contribution in [3.63, 3.8) is 0 Å². The summed E-state index contributed by atoms with van der Waals surface area (Å²) in [6.45, 7) is 0.604. The van der Waals surface area contributed by atoms with Crippen LogP contribution in [0.3, 0.4) is 0 Å². The smallest absolute Gasteiger partial charge is 0.0872 e. The Kier molecular flexibility index (Phi) is 3.77. The number of aliphatic hydroxyl groups is 1. The molecule has 1 saturated heterocycles. The van der Waals surface area contributed by atoms with E-state index in [1.165, 1.54) is 0 Å².